The Balaban J connectivity index is 1.90. The van der Waals surface area contributed by atoms with Gasteiger partial charge in [-0.15, -0.1) is 11.3 Å². The average Bonchev–Trinajstić information content (AvgIpc) is 2.87. The molecule has 6 heteroatoms. The number of nitrogens with zero attached hydrogens (tertiary/aromatic N) is 2. The number of likely N-dealkylation sites (tertiary alicyclic amines) is 1. The second kappa shape index (κ2) is 7.52. The standard InChI is InChI=1S/C14H22BrN3OS/c1-3-12(15)13(19)17-14-16-8-11(20-14)9-18-7-5-4-6-10(18)2/h8,10,12H,3-7,9H2,1-2H3,(H,16,17,19). The first-order valence-corrected chi connectivity index (χ1v) is 8.97. The fourth-order valence-electron chi connectivity index (χ4n) is 2.40. The summed E-state index contributed by atoms with van der Waals surface area (Å²) < 4.78 is 0. The highest BCUT2D eigenvalue weighted by Crippen LogP contribution is 2.24. The zero-order chi connectivity index (χ0) is 14.5. The van der Waals surface area contributed by atoms with E-state index in [1.807, 2.05) is 13.1 Å². The molecule has 20 heavy (non-hydrogen) atoms. The summed E-state index contributed by atoms with van der Waals surface area (Å²) in [5, 5.41) is 3.57. The molecule has 2 rings (SSSR count). The Bertz CT molecular complexity index is 451. The smallest absolute Gasteiger partial charge is 0.239 e. The van der Waals surface area contributed by atoms with Crippen molar-refractivity contribution in [2.24, 2.45) is 0 Å². The van der Waals surface area contributed by atoms with Crippen LogP contribution in [0.15, 0.2) is 6.20 Å². The van der Waals surface area contributed by atoms with Crippen LogP contribution in [0.4, 0.5) is 5.13 Å². The number of hydrogen-bond donors (Lipinski definition) is 1. The molecule has 0 bridgehead atoms. The predicted molar refractivity (Wildman–Crippen MR) is 87.5 cm³/mol. The van der Waals surface area contributed by atoms with Crippen molar-refractivity contribution in [2.75, 3.05) is 11.9 Å². The van der Waals surface area contributed by atoms with Crippen LogP contribution in [0, 0.1) is 0 Å². The molecule has 2 atom stereocenters. The topological polar surface area (TPSA) is 45.2 Å². The Labute approximate surface area is 133 Å². The maximum Gasteiger partial charge on any atom is 0.239 e. The summed E-state index contributed by atoms with van der Waals surface area (Å²) in [6.45, 7) is 6.38. The van der Waals surface area contributed by atoms with Crippen molar-refractivity contribution in [1.82, 2.24) is 9.88 Å². The minimum Gasteiger partial charge on any atom is -0.301 e. The van der Waals surface area contributed by atoms with Crippen molar-refractivity contribution in [2.45, 2.75) is 56.9 Å². The highest BCUT2D eigenvalue weighted by atomic mass is 79.9. The van der Waals surface area contributed by atoms with E-state index in [0.717, 1.165) is 13.0 Å². The van der Waals surface area contributed by atoms with Crippen LogP contribution in [0.25, 0.3) is 0 Å². The zero-order valence-corrected chi connectivity index (χ0v) is 14.5. The number of nitrogens with one attached hydrogen (secondary N) is 1. The summed E-state index contributed by atoms with van der Waals surface area (Å²) in [6, 6.07) is 0.649. The first-order chi connectivity index (χ1) is 9.60. The van der Waals surface area contributed by atoms with E-state index in [0.29, 0.717) is 11.2 Å². The molecule has 2 unspecified atom stereocenters. The third-order valence-electron chi connectivity index (χ3n) is 3.73. The van der Waals surface area contributed by atoms with E-state index >= 15 is 0 Å². The summed E-state index contributed by atoms with van der Waals surface area (Å²) in [4.78, 5) is 19.7. The van der Waals surface area contributed by atoms with Gasteiger partial charge in [0.2, 0.25) is 5.91 Å². The van der Waals surface area contributed by atoms with E-state index in [1.54, 1.807) is 11.3 Å². The fourth-order valence-corrected chi connectivity index (χ4v) is 3.36. The van der Waals surface area contributed by atoms with Crippen molar-refractivity contribution in [3.8, 4) is 0 Å². The first kappa shape index (κ1) is 15.9. The van der Waals surface area contributed by atoms with Crippen LogP contribution >= 0.6 is 27.3 Å². The fraction of sp³-hybridized carbons (Fsp3) is 0.714. The van der Waals surface area contributed by atoms with Gasteiger partial charge in [-0.25, -0.2) is 4.98 Å². The van der Waals surface area contributed by atoms with Crippen LogP contribution < -0.4 is 5.32 Å². The summed E-state index contributed by atoms with van der Waals surface area (Å²) in [5.41, 5.74) is 0. The lowest BCUT2D eigenvalue weighted by molar-refractivity contribution is -0.115. The number of amides is 1. The van der Waals surface area contributed by atoms with Gasteiger partial charge in [-0.05, 0) is 32.7 Å². The first-order valence-electron chi connectivity index (χ1n) is 7.23. The van der Waals surface area contributed by atoms with Gasteiger partial charge in [-0.1, -0.05) is 29.3 Å². The molecule has 1 fully saturated rings. The third-order valence-corrected chi connectivity index (χ3v) is 5.69. The SMILES string of the molecule is CCC(Br)C(=O)Nc1ncc(CN2CCCCC2C)s1. The van der Waals surface area contributed by atoms with Crippen LogP contribution in [0.3, 0.4) is 0 Å². The number of aromatic nitrogens is 1. The molecule has 1 N–H and O–H groups in total. The summed E-state index contributed by atoms with van der Waals surface area (Å²) in [7, 11) is 0. The quantitative estimate of drug-likeness (QED) is 0.816. The molecule has 1 aromatic rings. The largest absolute Gasteiger partial charge is 0.301 e. The van der Waals surface area contributed by atoms with Crippen LogP contribution in [0.2, 0.25) is 0 Å². The number of anilines is 1. The highest BCUT2D eigenvalue weighted by molar-refractivity contribution is 9.10. The van der Waals surface area contributed by atoms with Gasteiger partial charge in [0, 0.05) is 23.7 Å². The summed E-state index contributed by atoms with van der Waals surface area (Å²) >= 11 is 4.93. The molecular formula is C14H22BrN3OS. The number of halogens is 1. The van der Waals surface area contributed by atoms with Gasteiger partial charge in [0.25, 0.3) is 0 Å². The van der Waals surface area contributed by atoms with Crippen molar-refractivity contribution >= 4 is 38.3 Å². The molecule has 0 saturated carbocycles. The second-order valence-corrected chi connectivity index (χ2v) is 7.53. The molecule has 1 aromatic heterocycles. The number of hydrogen-bond acceptors (Lipinski definition) is 4. The van der Waals surface area contributed by atoms with Gasteiger partial charge >= 0.3 is 0 Å². The van der Waals surface area contributed by atoms with Crippen molar-refractivity contribution in [3.63, 3.8) is 0 Å². The zero-order valence-electron chi connectivity index (χ0n) is 12.1. The Morgan fingerprint density at radius 3 is 3.15 bits per heavy atom. The van der Waals surface area contributed by atoms with Crippen molar-refractivity contribution < 1.29 is 4.79 Å². The van der Waals surface area contributed by atoms with Crippen LogP contribution in [0.1, 0.15) is 44.4 Å². The maximum atomic E-state index is 11.8. The van der Waals surface area contributed by atoms with E-state index in [4.69, 9.17) is 0 Å². The number of thiazole rings is 1. The number of alkyl halides is 1. The number of carbonyl (C=O) groups excluding carboxylic acids is 1. The molecule has 1 aliphatic rings. The second-order valence-electron chi connectivity index (χ2n) is 5.31. The predicted octanol–water partition coefficient (Wildman–Crippen LogP) is 3.63. The van der Waals surface area contributed by atoms with Gasteiger partial charge in [-0.3, -0.25) is 9.69 Å². The minimum absolute atomic E-state index is 0.0141. The monoisotopic (exact) mass is 359 g/mol. The van der Waals surface area contributed by atoms with Gasteiger partial charge in [0.05, 0.1) is 4.83 Å². The van der Waals surface area contributed by atoms with Crippen molar-refractivity contribution in [1.29, 1.82) is 0 Å². The van der Waals surface area contributed by atoms with Gasteiger partial charge in [0.1, 0.15) is 0 Å². The van der Waals surface area contributed by atoms with Crippen LogP contribution in [-0.2, 0) is 11.3 Å². The number of piperidine rings is 1. The normalized spacial score (nSPS) is 21.6. The Kier molecular flexibility index (Phi) is 5.99. The molecule has 1 amide bonds. The Morgan fingerprint density at radius 1 is 1.65 bits per heavy atom. The molecule has 2 heterocycles. The molecule has 4 nitrogen and oxygen atoms in total. The number of rotatable bonds is 5. The molecule has 0 aliphatic carbocycles. The van der Waals surface area contributed by atoms with Gasteiger partial charge in [-0.2, -0.15) is 0 Å². The molecule has 0 aromatic carbocycles. The average molecular weight is 360 g/mol. The van der Waals surface area contributed by atoms with Gasteiger partial charge in [0.15, 0.2) is 5.13 Å². The van der Waals surface area contributed by atoms with E-state index in [1.165, 1.54) is 30.7 Å². The molecule has 112 valence electrons. The van der Waals surface area contributed by atoms with E-state index in [2.05, 4.69) is 38.1 Å². The lowest BCUT2D eigenvalue weighted by Gasteiger charge is -2.32. The molecule has 0 spiro atoms. The molecular weight excluding hydrogens is 338 g/mol. The molecule has 1 aliphatic heterocycles. The minimum atomic E-state index is -0.142. The molecule has 0 radical (unpaired) electrons. The number of carbonyl (C=O) groups is 1. The Morgan fingerprint density at radius 2 is 2.45 bits per heavy atom. The molecule has 1 saturated heterocycles. The lowest BCUT2D eigenvalue weighted by Crippen LogP contribution is -2.36. The summed E-state index contributed by atoms with van der Waals surface area (Å²) in [5.74, 6) is -0.0141. The summed E-state index contributed by atoms with van der Waals surface area (Å²) in [6.07, 6.45) is 6.57. The lowest BCUT2D eigenvalue weighted by atomic mass is 10.0. The maximum absolute atomic E-state index is 11.8. The van der Waals surface area contributed by atoms with E-state index in [-0.39, 0.29) is 10.7 Å². The van der Waals surface area contributed by atoms with Crippen LogP contribution in [0.5, 0.6) is 0 Å². The van der Waals surface area contributed by atoms with Gasteiger partial charge < -0.3 is 5.32 Å². The van der Waals surface area contributed by atoms with E-state index < -0.39 is 0 Å². The highest BCUT2D eigenvalue weighted by Gasteiger charge is 2.19. The van der Waals surface area contributed by atoms with Crippen LogP contribution in [-0.4, -0.2) is 33.2 Å². The third kappa shape index (κ3) is 4.27. The van der Waals surface area contributed by atoms with Crippen molar-refractivity contribution in [3.05, 3.63) is 11.1 Å². The van der Waals surface area contributed by atoms with E-state index in [9.17, 15) is 4.79 Å². The Hall–Kier alpha value is -0.460.